The molecular formula is C21H31N5O6. The van der Waals surface area contributed by atoms with Crippen LogP contribution in [0, 0.1) is 0 Å². The van der Waals surface area contributed by atoms with E-state index >= 15 is 0 Å². The van der Waals surface area contributed by atoms with Gasteiger partial charge in [0, 0.05) is 19.9 Å². The number of carbonyl (C=O) groups excluding carboxylic acids is 2. The van der Waals surface area contributed by atoms with Crippen LogP contribution >= 0.6 is 0 Å². The number of carboxylic acids is 1. The van der Waals surface area contributed by atoms with E-state index in [1.165, 1.54) is 0 Å². The lowest BCUT2D eigenvalue weighted by Crippen LogP contribution is -2.51. The van der Waals surface area contributed by atoms with Crippen LogP contribution in [0.15, 0.2) is 29.4 Å². The van der Waals surface area contributed by atoms with Crippen LogP contribution in [0.5, 0.6) is 0 Å². The summed E-state index contributed by atoms with van der Waals surface area (Å²) in [5.41, 5.74) is 1.87. The maximum absolute atomic E-state index is 12.5. The number of aliphatic carboxylic acids is 1. The van der Waals surface area contributed by atoms with Gasteiger partial charge < -0.3 is 15.7 Å². The van der Waals surface area contributed by atoms with Gasteiger partial charge in [-0.05, 0) is 24.0 Å². The first-order chi connectivity index (χ1) is 15.3. The first-order valence-corrected chi connectivity index (χ1v) is 10.4. The van der Waals surface area contributed by atoms with Crippen LogP contribution in [-0.2, 0) is 19.2 Å². The average Bonchev–Trinajstić information content (AvgIpc) is 3.12. The molecule has 32 heavy (non-hydrogen) atoms. The van der Waals surface area contributed by atoms with Gasteiger partial charge in [-0.15, -0.1) is 0 Å². The van der Waals surface area contributed by atoms with Crippen molar-refractivity contribution in [2.75, 3.05) is 13.7 Å². The largest absolute Gasteiger partial charge is 0.480 e. The lowest BCUT2D eigenvalue weighted by atomic mass is 9.97. The molecule has 1 aliphatic heterocycles. The van der Waals surface area contributed by atoms with E-state index in [0.717, 1.165) is 17.5 Å². The second-order valence-corrected chi connectivity index (χ2v) is 7.65. The van der Waals surface area contributed by atoms with Crippen molar-refractivity contribution < 1.29 is 29.1 Å². The number of Topliss-reactive ketones (excluding diaryl/α,β-unsaturated/α-hetero) is 1. The maximum atomic E-state index is 12.5. The minimum absolute atomic E-state index is 0.00125. The van der Waals surface area contributed by atoms with Gasteiger partial charge in [0.1, 0.15) is 5.78 Å². The molecule has 1 heterocycles. The van der Waals surface area contributed by atoms with Crippen molar-refractivity contribution in [3.63, 3.8) is 0 Å². The molecule has 0 aromatic heterocycles. The Morgan fingerprint density at radius 3 is 2.66 bits per heavy atom. The van der Waals surface area contributed by atoms with E-state index < -0.39 is 30.6 Å². The summed E-state index contributed by atoms with van der Waals surface area (Å²) in [6, 6.07) is 6.05. The fraction of sp³-hybridized carbons (Fsp3) is 0.524. The third-order valence-corrected chi connectivity index (χ3v) is 5.22. The number of hydrazine groups is 1. The van der Waals surface area contributed by atoms with Gasteiger partial charge in [0.15, 0.2) is 6.04 Å². The number of hydrogen-bond donors (Lipinski definition) is 3. The van der Waals surface area contributed by atoms with Crippen molar-refractivity contribution in [2.24, 2.45) is 16.8 Å². The van der Waals surface area contributed by atoms with Gasteiger partial charge in [0.25, 0.3) is 0 Å². The molecule has 1 fully saturated rings. The number of hydrazone groups is 1. The van der Waals surface area contributed by atoms with Crippen LogP contribution in [0.2, 0.25) is 0 Å². The number of benzene rings is 1. The fourth-order valence-corrected chi connectivity index (χ4v) is 3.47. The van der Waals surface area contributed by atoms with Crippen LogP contribution in [0.1, 0.15) is 56.2 Å². The molecule has 0 spiro atoms. The molecule has 0 unspecified atom stereocenters. The minimum Gasteiger partial charge on any atom is -0.480 e. The Morgan fingerprint density at radius 1 is 1.38 bits per heavy atom. The highest BCUT2D eigenvalue weighted by molar-refractivity contribution is 5.88. The van der Waals surface area contributed by atoms with Crippen LogP contribution in [0.3, 0.4) is 0 Å². The molecule has 0 bridgehead atoms. The Balaban J connectivity index is 1.93. The highest BCUT2D eigenvalue weighted by atomic mass is 16.7. The summed E-state index contributed by atoms with van der Waals surface area (Å²) in [5.74, 6) is 9.03. The third kappa shape index (κ3) is 7.01. The van der Waals surface area contributed by atoms with Gasteiger partial charge >= 0.3 is 12.1 Å². The van der Waals surface area contributed by atoms with Gasteiger partial charge in [0.2, 0.25) is 0 Å². The Labute approximate surface area is 186 Å². The van der Waals surface area contributed by atoms with Crippen LogP contribution in [0.4, 0.5) is 4.79 Å². The molecule has 2 rings (SSSR count). The molecule has 1 amide bonds. The maximum Gasteiger partial charge on any atom is 0.424 e. The van der Waals surface area contributed by atoms with Crippen molar-refractivity contribution in [1.82, 2.24) is 10.1 Å². The number of carbonyl (C=O) groups is 3. The summed E-state index contributed by atoms with van der Waals surface area (Å²) in [7, 11) is 1.78. The summed E-state index contributed by atoms with van der Waals surface area (Å²) in [6.45, 7) is 2.05. The molecule has 5 N–H and O–H groups in total. The molecule has 0 radical (unpaired) electrons. The molecule has 1 aliphatic rings. The first kappa shape index (κ1) is 25.2. The number of hydrogen-bond acceptors (Lipinski definition) is 9. The molecule has 11 heteroatoms. The van der Waals surface area contributed by atoms with E-state index in [9.17, 15) is 19.5 Å². The van der Waals surface area contributed by atoms with Gasteiger partial charge in [-0.1, -0.05) is 37.6 Å². The second kappa shape index (κ2) is 12.1. The summed E-state index contributed by atoms with van der Waals surface area (Å²) >= 11 is 0. The Kier molecular flexibility index (Phi) is 9.57. The van der Waals surface area contributed by atoms with E-state index in [4.69, 9.17) is 21.3 Å². The number of carboxylic acid groups (broad SMARTS) is 1. The first-order valence-electron chi connectivity index (χ1n) is 10.4. The number of nitrogens with zero attached hydrogens (tertiary/aromatic N) is 3. The molecule has 3 atom stereocenters. The second-order valence-electron chi connectivity index (χ2n) is 7.65. The number of unbranched alkanes of at least 4 members (excludes halogenated alkanes) is 1. The lowest BCUT2D eigenvalue weighted by Gasteiger charge is -2.23. The predicted molar refractivity (Wildman–Crippen MR) is 116 cm³/mol. The van der Waals surface area contributed by atoms with Gasteiger partial charge in [0.05, 0.1) is 25.0 Å². The van der Waals surface area contributed by atoms with Gasteiger partial charge in [-0.3, -0.25) is 9.63 Å². The van der Waals surface area contributed by atoms with Gasteiger partial charge in [-0.25, -0.2) is 20.4 Å². The van der Waals surface area contributed by atoms with E-state index in [1.807, 2.05) is 31.2 Å². The molecule has 1 aromatic carbocycles. The molecule has 0 saturated carbocycles. The number of ether oxygens (including phenoxy) is 1. The van der Waals surface area contributed by atoms with E-state index in [0.29, 0.717) is 17.9 Å². The Bertz CT molecular complexity index is 815. The number of hydroxylamine groups is 2. The summed E-state index contributed by atoms with van der Waals surface area (Å²) in [5, 5.41) is 15.1. The fourth-order valence-electron chi connectivity index (χ4n) is 3.47. The van der Waals surface area contributed by atoms with E-state index in [-0.39, 0.29) is 24.9 Å². The van der Waals surface area contributed by atoms with Crippen molar-refractivity contribution in [2.45, 2.75) is 57.2 Å². The molecule has 0 aliphatic carbocycles. The molecule has 1 aromatic rings. The predicted octanol–water partition coefficient (Wildman–Crippen LogP) is 1.57. The normalized spacial score (nSPS) is 19.7. The smallest absolute Gasteiger partial charge is 0.424 e. The number of ketones is 1. The summed E-state index contributed by atoms with van der Waals surface area (Å²) in [6.07, 6.45) is 1.71. The lowest BCUT2D eigenvalue weighted by molar-refractivity contribution is -0.153. The monoisotopic (exact) mass is 449 g/mol. The van der Waals surface area contributed by atoms with Crippen LogP contribution in [0.25, 0.3) is 0 Å². The molecule has 176 valence electrons. The van der Waals surface area contributed by atoms with E-state index in [2.05, 4.69) is 5.10 Å². The zero-order valence-electron chi connectivity index (χ0n) is 18.3. The number of rotatable bonds is 11. The van der Waals surface area contributed by atoms with E-state index in [1.54, 1.807) is 18.3 Å². The molecule has 1 saturated heterocycles. The van der Waals surface area contributed by atoms with Crippen molar-refractivity contribution in [1.29, 1.82) is 0 Å². The number of amides is 1. The highest BCUT2D eigenvalue weighted by Crippen LogP contribution is 2.34. The summed E-state index contributed by atoms with van der Waals surface area (Å²) in [4.78, 5) is 41.8. The topological polar surface area (TPSA) is 161 Å². The van der Waals surface area contributed by atoms with Crippen molar-refractivity contribution >= 4 is 24.1 Å². The van der Waals surface area contributed by atoms with Crippen LogP contribution < -0.4 is 11.7 Å². The molecule has 11 nitrogen and oxygen atoms in total. The SMILES string of the molecule is CCCCOC(=O)N(N)[C@@H](CC(=O)C[C@@H]1C[C@H](c2ccc(C=NN)cc2)N(C)O1)C(=O)O. The van der Waals surface area contributed by atoms with Crippen molar-refractivity contribution in [3.8, 4) is 0 Å². The highest BCUT2D eigenvalue weighted by Gasteiger charge is 2.36. The van der Waals surface area contributed by atoms with Crippen LogP contribution in [-0.4, -0.2) is 65.0 Å². The quantitative estimate of drug-likeness (QED) is 0.150. The summed E-state index contributed by atoms with van der Waals surface area (Å²) < 4.78 is 4.93. The van der Waals surface area contributed by atoms with Crippen molar-refractivity contribution in [3.05, 3.63) is 35.4 Å². The standard InChI is InChI=1S/C21H31N5O6/c1-3-4-9-31-21(30)26(23)19(20(28)29)11-16(27)10-17-12-18(25(2)32-17)15-7-5-14(6-8-15)13-24-22/h5-8,13,17-19H,3-4,9-12,22-23H2,1-2H3,(H,28,29)/t17-,18-,19+/m1/s1. The zero-order valence-corrected chi connectivity index (χ0v) is 18.3. The average molecular weight is 450 g/mol. The third-order valence-electron chi connectivity index (χ3n) is 5.22. The zero-order chi connectivity index (χ0) is 23.7. The Morgan fingerprint density at radius 2 is 2.06 bits per heavy atom. The minimum atomic E-state index is -1.51. The Hall–Kier alpha value is -3.02. The van der Waals surface area contributed by atoms with Gasteiger partial charge in [-0.2, -0.15) is 10.2 Å². The molecular weight excluding hydrogens is 418 g/mol. The number of nitrogens with two attached hydrogens (primary N) is 2.